The molecule has 15 heavy (non-hydrogen) atoms. The highest BCUT2D eigenvalue weighted by Crippen LogP contribution is 2.22. The normalized spacial score (nSPS) is 11.5. The number of alkyl halides is 1. The molecule has 0 amide bonds. The van der Waals surface area contributed by atoms with Gasteiger partial charge < -0.3 is 9.47 Å². The minimum absolute atomic E-state index is 0.00757. The van der Waals surface area contributed by atoms with Crippen molar-refractivity contribution in [2.75, 3.05) is 17.3 Å². The van der Waals surface area contributed by atoms with Crippen LogP contribution in [-0.2, 0) is 7.05 Å². The molecule has 0 bridgehead atoms. The zero-order valence-corrected chi connectivity index (χ0v) is 11.2. The van der Waals surface area contributed by atoms with Gasteiger partial charge in [0, 0.05) is 42.9 Å². The molecule has 3 nitrogen and oxygen atoms in total. The van der Waals surface area contributed by atoms with Crippen LogP contribution in [0.25, 0.3) is 0 Å². The molecule has 0 atom stereocenters. The van der Waals surface area contributed by atoms with Crippen LogP contribution < -0.4 is 10.5 Å². The van der Waals surface area contributed by atoms with E-state index < -0.39 is 0 Å². The number of hydrogen-bond acceptors (Lipinski definition) is 2. The van der Waals surface area contributed by atoms with Crippen LogP contribution in [0, 0.1) is 0 Å². The van der Waals surface area contributed by atoms with Crippen molar-refractivity contribution in [3.63, 3.8) is 0 Å². The second-order valence-corrected chi connectivity index (χ2v) is 4.90. The quantitative estimate of drug-likeness (QED) is 0.787. The SMILES string of the molecule is CN(c1ccn(C)c(=O)c1)C(C)(C)CBr. The molecule has 0 spiro atoms. The van der Waals surface area contributed by atoms with Gasteiger partial charge in [0.05, 0.1) is 0 Å². The van der Waals surface area contributed by atoms with Gasteiger partial charge in [-0.1, -0.05) is 15.9 Å². The smallest absolute Gasteiger partial charge is 0.252 e. The summed E-state index contributed by atoms with van der Waals surface area (Å²) >= 11 is 3.48. The molecule has 0 saturated heterocycles. The average molecular weight is 273 g/mol. The average Bonchev–Trinajstić information content (AvgIpc) is 2.21. The lowest BCUT2D eigenvalue weighted by atomic mass is 10.1. The van der Waals surface area contributed by atoms with E-state index in [0.717, 1.165) is 11.0 Å². The number of anilines is 1. The Morgan fingerprint density at radius 1 is 1.53 bits per heavy atom. The maximum absolute atomic E-state index is 11.5. The molecule has 4 heteroatoms. The lowest BCUT2D eigenvalue weighted by molar-refractivity contribution is 0.551. The molecular weight excluding hydrogens is 256 g/mol. The molecule has 0 N–H and O–H groups in total. The molecule has 0 aliphatic rings. The zero-order valence-electron chi connectivity index (χ0n) is 9.62. The van der Waals surface area contributed by atoms with E-state index in [2.05, 4.69) is 34.7 Å². The number of hydrogen-bond donors (Lipinski definition) is 0. The van der Waals surface area contributed by atoms with Crippen LogP contribution in [0.2, 0.25) is 0 Å². The maximum Gasteiger partial charge on any atom is 0.252 e. The van der Waals surface area contributed by atoms with Crippen LogP contribution in [0.1, 0.15) is 13.8 Å². The highest BCUT2D eigenvalue weighted by molar-refractivity contribution is 9.09. The van der Waals surface area contributed by atoms with Gasteiger partial charge in [-0.05, 0) is 19.9 Å². The van der Waals surface area contributed by atoms with Gasteiger partial charge >= 0.3 is 0 Å². The Hall–Kier alpha value is -0.770. The largest absolute Gasteiger partial charge is 0.368 e. The van der Waals surface area contributed by atoms with Crippen LogP contribution in [0.5, 0.6) is 0 Å². The Balaban J connectivity index is 3.07. The molecule has 0 saturated carbocycles. The lowest BCUT2D eigenvalue weighted by Gasteiger charge is -2.35. The van der Waals surface area contributed by atoms with Crippen LogP contribution >= 0.6 is 15.9 Å². The van der Waals surface area contributed by atoms with Gasteiger partial charge in [0.15, 0.2) is 0 Å². The minimum atomic E-state index is -0.00757. The van der Waals surface area contributed by atoms with E-state index in [0.29, 0.717) is 0 Å². The summed E-state index contributed by atoms with van der Waals surface area (Å²) in [6.45, 7) is 4.25. The van der Waals surface area contributed by atoms with Crippen molar-refractivity contribution >= 4 is 21.6 Å². The molecule has 0 unspecified atom stereocenters. The van der Waals surface area contributed by atoms with Gasteiger partial charge in [-0.25, -0.2) is 0 Å². The second kappa shape index (κ2) is 4.39. The molecule has 0 fully saturated rings. The molecule has 1 aromatic rings. The van der Waals surface area contributed by atoms with Gasteiger partial charge in [-0.15, -0.1) is 0 Å². The number of nitrogens with zero attached hydrogens (tertiary/aromatic N) is 2. The van der Waals surface area contributed by atoms with E-state index in [1.54, 1.807) is 23.9 Å². The number of rotatable bonds is 3. The molecule has 0 aliphatic heterocycles. The fourth-order valence-corrected chi connectivity index (χ4v) is 1.56. The summed E-state index contributed by atoms with van der Waals surface area (Å²) in [5.41, 5.74) is 0.957. The first-order valence-corrected chi connectivity index (χ1v) is 5.97. The number of pyridine rings is 1. The minimum Gasteiger partial charge on any atom is -0.368 e. The van der Waals surface area contributed by atoms with Crippen molar-refractivity contribution in [3.05, 3.63) is 28.7 Å². The van der Waals surface area contributed by atoms with Crippen LogP contribution in [0.3, 0.4) is 0 Å². The standard InChI is InChI=1S/C11H17BrN2O/c1-11(2,8-12)14(4)9-5-6-13(3)10(15)7-9/h5-7H,8H2,1-4H3. The van der Waals surface area contributed by atoms with Crippen molar-refractivity contribution in [2.45, 2.75) is 19.4 Å². The van der Waals surface area contributed by atoms with E-state index in [-0.39, 0.29) is 11.1 Å². The number of aromatic nitrogens is 1. The van der Waals surface area contributed by atoms with E-state index in [4.69, 9.17) is 0 Å². The predicted molar refractivity (Wildman–Crippen MR) is 68.0 cm³/mol. The molecule has 0 aliphatic carbocycles. The van der Waals surface area contributed by atoms with Crippen LogP contribution in [-0.4, -0.2) is 22.5 Å². The Morgan fingerprint density at radius 2 is 2.13 bits per heavy atom. The van der Waals surface area contributed by atoms with Crippen LogP contribution in [0.4, 0.5) is 5.69 Å². The molecule has 1 heterocycles. The summed E-state index contributed by atoms with van der Waals surface area (Å²) in [5, 5.41) is 0.853. The Kier molecular flexibility index (Phi) is 3.60. The van der Waals surface area contributed by atoms with E-state index in [1.165, 1.54) is 0 Å². The first-order chi connectivity index (χ1) is 6.88. The molecule has 0 aromatic carbocycles. The Bertz CT molecular complexity index is 398. The van der Waals surface area contributed by atoms with Crippen molar-refractivity contribution < 1.29 is 0 Å². The highest BCUT2D eigenvalue weighted by Gasteiger charge is 2.22. The first-order valence-electron chi connectivity index (χ1n) is 4.85. The van der Waals surface area contributed by atoms with Crippen molar-refractivity contribution in [2.24, 2.45) is 7.05 Å². The molecule has 0 radical (unpaired) electrons. The van der Waals surface area contributed by atoms with Crippen molar-refractivity contribution in [1.82, 2.24) is 4.57 Å². The molecule has 84 valence electrons. The maximum atomic E-state index is 11.5. The Labute approximate surface area is 98.8 Å². The highest BCUT2D eigenvalue weighted by atomic mass is 79.9. The van der Waals surface area contributed by atoms with Gasteiger partial charge in [-0.3, -0.25) is 4.79 Å². The first kappa shape index (κ1) is 12.3. The van der Waals surface area contributed by atoms with Gasteiger partial charge in [0.1, 0.15) is 0 Å². The number of halogens is 1. The third-order valence-corrected chi connectivity index (χ3v) is 4.08. The van der Waals surface area contributed by atoms with Gasteiger partial charge in [0.2, 0.25) is 0 Å². The van der Waals surface area contributed by atoms with Gasteiger partial charge in [0.25, 0.3) is 5.56 Å². The van der Waals surface area contributed by atoms with Crippen LogP contribution in [0.15, 0.2) is 23.1 Å². The summed E-state index contributed by atoms with van der Waals surface area (Å²) in [4.78, 5) is 13.6. The fraction of sp³-hybridized carbons (Fsp3) is 0.545. The lowest BCUT2D eigenvalue weighted by Crippen LogP contribution is -2.43. The summed E-state index contributed by atoms with van der Waals surface area (Å²) in [6.07, 6.45) is 1.79. The van der Waals surface area contributed by atoms with Crippen molar-refractivity contribution in [3.8, 4) is 0 Å². The van der Waals surface area contributed by atoms with E-state index in [1.807, 2.05) is 13.1 Å². The third-order valence-electron chi connectivity index (χ3n) is 2.71. The fourth-order valence-electron chi connectivity index (χ4n) is 1.19. The predicted octanol–water partition coefficient (Wildman–Crippen LogP) is 1.99. The summed E-state index contributed by atoms with van der Waals surface area (Å²) in [7, 11) is 3.75. The number of aryl methyl sites for hydroxylation is 1. The summed E-state index contributed by atoms with van der Waals surface area (Å²) in [6, 6.07) is 3.61. The Morgan fingerprint density at radius 3 is 2.60 bits per heavy atom. The summed E-state index contributed by atoms with van der Waals surface area (Å²) < 4.78 is 1.57. The van der Waals surface area contributed by atoms with E-state index in [9.17, 15) is 4.79 Å². The third kappa shape index (κ3) is 2.62. The zero-order chi connectivity index (χ0) is 11.6. The second-order valence-electron chi connectivity index (χ2n) is 4.34. The van der Waals surface area contributed by atoms with E-state index >= 15 is 0 Å². The van der Waals surface area contributed by atoms with Gasteiger partial charge in [-0.2, -0.15) is 0 Å². The van der Waals surface area contributed by atoms with Crippen molar-refractivity contribution in [1.29, 1.82) is 0 Å². The molecule has 1 aromatic heterocycles. The molecular formula is C11H17BrN2O. The molecule has 1 rings (SSSR count). The summed E-state index contributed by atoms with van der Waals surface area (Å²) in [5.74, 6) is 0. The monoisotopic (exact) mass is 272 g/mol. The topological polar surface area (TPSA) is 25.2 Å².